The Balaban J connectivity index is 5.26. The second-order valence-corrected chi connectivity index (χ2v) is 7.17. The number of thiol groups is 1. The molecule has 12 nitrogen and oxygen atoms in total. The lowest BCUT2D eigenvalue weighted by Gasteiger charge is -2.25. The number of amides is 4. The molecule has 0 saturated heterocycles. The van der Waals surface area contributed by atoms with Gasteiger partial charge < -0.3 is 37.6 Å². The highest BCUT2D eigenvalue weighted by atomic mass is 32.1. The Bertz CT molecular complexity index is 634. The van der Waals surface area contributed by atoms with E-state index in [2.05, 4.69) is 28.6 Å². The maximum absolute atomic E-state index is 12.5. The number of carboxylic acids is 1. The molecule has 0 radical (unpaired) electrons. The number of hydrogen-bond acceptors (Lipinski definition) is 8. The van der Waals surface area contributed by atoms with Crippen LogP contribution in [0.4, 0.5) is 0 Å². The van der Waals surface area contributed by atoms with Crippen LogP contribution in [-0.4, -0.2) is 76.3 Å². The van der Waals surface area contributed by atoms with E-state index in [4.69, 9.17) is 16.6 Å². The van der Waals surface area contributed by atoms with Gasteiger partial charge in [-0.1, -0.05) is 20.3 Å². The van der Waals surface area contributed by atoms with Gasteiger partial charge in [0.05, 0.1) is 12.6 Å². The summed E-state index contributed by atoms with van der Waals surface area (Å²) in [7, 11) is 0. The normalized spacial score (nSPS) is 15.8. The molecule has 0 aliphatic heterocycles. The van der Waals surface area contributed by atoms with Crippen LogP contribution in [0.25, 0.3) is 0 Å². The summed E-state index contributed by atoms with van der Waals surface area (Å²) in [5, 5.41) is 25.3. The molecule has 0 aliphatic carbocycles. The molecule has 0 saturated carbocycles. The van der Waals surface area contributed by atoms with Gasteiger partial charge >= 0.3 is 5.97 Å². The first-order valence-corrected chi connectivity index (χ1v) is 10.0. The fourth-order valence-corrected chi connectivity index (χ4v) is 2.51. The lowest BCUT2D eigenvalue weighted by molar-refractivity contribution is -0.141. The number of nitrogens with one attached hydrogen (secondary N) is 3. The van der Waals surface area contributed by atoms with Gasteiger partial charge in [-0.3, -0.25) is 19.2 Å². The topological polar surface area (TPSA) is 214 Å². The third-order valence-corrected chi connectivity index (χ3v) is 4.85. The molecule has 9 N–H and O–H groups in total. The molecule has 5 atom stereocenters. The summed E-state index contributed by atoms with van der Waals surface area (Å²) in [5.41, 5.74) is 10.9. The van der Waals surface area contributed by atoms with Gasteiger partial charge in [-0.15, -0.1) is 0 Å². The Morgan fingerprint density at radius 3 is 1.90 bits per heavy atom. The van der Waals surface area contributed by atoms with E-state index in [1.165, 1.54) is 0 Å². The van der Waals surface area contributed by atoms with Crippen LogP contribution >= 0.6 is 12.6 Å². The van der Waals surface area contributed by atoms with Gasteiger partial charge in [-0.25, -0.2) is 4.79 Å². The monoisotopic (exact) mass is 449 g/mol. The largest absolute Gasteiger partial charge is 0.480 e. The average molecular weight is 450 g/mol. The van der Waals surface area contributed by atoms with Crippen molar-refractivity contribution in [2.24, 2.45) is 17.4 Å². The third kappa shape index (κ3) is 9.41. The fraction of sp³-hybridized carbons (Fsp3) is 0.706. The van der Waals surface area contributed by atoms with E-state index in [9.17, 15) is 29.1 Å². The highest BCUT2D eigenvalue weighted by Gasteiger charge is 2.30. The molecule has 0 bridgehead atoms. The Morgan fingerprint density at radius 1 is 0.967 bits per heavy atom. The zero-order valence-electron chi connectivity index (χ0n) is 17.0. The Kier molecular flexibility index (Phi) is 12.7. The van der Waals surface area contributed by atoms with Crippen LogP contribution in [0, 0.1) is 5.92 Å². The summed E-state index contributed by atoms with van der Waals surface area (Å²) >= 11 is 3.83. The molecule has 0 heterocycles. The summed E-state index contributed by atoms with van der Waals surface area (Å²) in [6, 6.07) is -4.97. The number of nitrogens with two attached hydrogens (primary N) is 2. The average Bonchev–Trinajstić information content (AvgIpc) is 2.70. The Hall–Kier alpha value is -2.38. The zero-order chi connectivity index (χ0) is 23.4. The fourth-order valence-electron chi connectivity index (χ4n) is 2.26. The smallest absolute Gasteiger partial charge is 0.327 e. The second-order valence-electron chi connectivity index (χ2n) is 6.80. The van der Waals surface area contributed by atoms with Gasteiger partial charge in [0.2, 0.25) is 23.6 Å². The van der Waals surface area contributed by atoms with Crippen LogP contribution in [-0.2, 0) is 24.0 Å². The molecule has 5 unspecified atom stereocenters. The van der Waals surface area contributed by atoms with Crippen molar-refractivity contribution < 1.29 is 34.2 Å². The van der Waals surface area contributed by atoms with Crippen molar-refractivity contribution in [2.75, 3.05) is 12.4 Å². The molecule has 4 amide bonds. The number of aliphatic carboxylic acids is 1. The highest BCUT2D eigenvalue weighted by molar-refractivity contribution is 7.80. The number of carbonyl (C=O) groups is 5. The molecule has 0 spiro atoms. The van der Waals surface area contributed by atoms with E-state index in [0.29, 0.717) is 6.42 Å². The summed E-state index contributed by atoms with van der Waals surface area (Å²) < 4.78 is 0. The van der Waals surface area contributed by atoms with E-state index in [-0.39, 0.29) is 24.5 Å². The van der Waals surface area contributed by atoms with Gasteiger partial charge in [0, 0.05) is 12.2 Å². The van der Waals surface area contributed by atoms with E-state index in [1.54, 1.807) is 6.92 Å². The molecule has 0 aromatic carbocycles. The SMILES string of the molecule is CCC(C)C(N)C(=O)NC(CO)C(=O)NC(CCC(N)=O)C(=O)NC(CS)C(=O)O. The Morgan fingerprint density at radius 2 is 1.47 bits per heavy atom. The van der Waals surface area contributed by atoms with Crippen molar-refractivity contribution in [3.8, 4) is 0 Å². The first kappa shape index (κ1) is 27.6. The molecule has 172 valence electrons. The van der Waals surface area contributed by atoms with Crippen molar-refractivity contribution in [2.45, 2.75) is 57.3 Å². The quantitative estimate of drug-likeness (QED) is 0.128. The second kappa shape index (κ2) is 13.8. The van der Waals surface area contributed by atoms with Crippen molar-refractivity contribution in [1.29, 1.82) is 0 Å². The number of carboxylic acid groups (broad SMARTS) is 1. The summed E-state index contributed by atoms with van der Waals surface area (Å²) in [5.74, 6) is -4.90. The zero-order valence-corrected chi connectivity index (χ0v) is 17.9. The molecule has 0 aromatic heterocycles. The lowest BCUT2D eigenvalue weighted by Crippen LogP contribution is -2.58. The van der Waals surface area contributed by atoms with Crippen LogP contribution in [0.3, 0.4) is 0 Å². The van der Waals surface area contributed by atoms with Crippen molar-refractivity contribution in [3.63, 3.8) is 0 Å². The molecule has 0 fully saturated rings. The minimum absolute atomic E-state index is 0.171. The number of aliphatic hydroxyl groups is 1. The Labute approximate surface area is 179 Å². The van der Waals surface area contributed by atoms with Crippen LogP contribution in [0.15, 0.2) is 0 Å². The molecule has 0 aliphatic rings. The minimum atomic E-state index is -1.41. The third-order valence-electron chi connectivity index (χ3n) is 4.48. The van der Waals surface area contributed by atoms with E-state index < -0.39 is 60.4 Å². The first-order chi connectivity index (χ1) is 14.0. The van der Waals surface area contributed by atoms with Crippen LogP contribution in [0.5, 0.6) is 0 Å². The predicted octanol–water partition coefficient (Wildman–Crippen LogP) is -2.91. The molecule has 0 rings (SSSR count). The molecule has 13 heteroatoms. The number of hydrogen-bond donors (Lipinski definition) is 8. The maximum atomic E-state index is 12.5. The van der Waals surface area contributed by atoms with Gasteiger partial charge in [0.15, 0.2) is 0 Å². The van der Waals surface area contributed by atoms with E-state index in [0.717, 1.165) is 0 Å². The number of aliphatic hydroxyl groups excluding tert-OH is 1. The van der Waals surface area contributed by atoms with E-state index in [1.807, 2.05) is 6.92 Å². The summed E-state index contributed by atoms with van der Waals surface area (Å²) in [4.78, 5) is 59.2. The number of rotatable bonds is 14. The number of primary amides is 1. The molecule has 30 heavy (non-hydrogen) atoms. The van der Waals surface area contributed by atoms with E-state index >= 15 is 0 Å². The summed E-state index contributed by atoms with van der Waals surface area (Å²) in [6.45, 7) is 2.82. The van der Waals surface area contributed by atoms with Gasteiger partial charge in [-0.2, -0.15) is 12.6 Å². The van der Waals surface area contributed by atoms with Crippen LogP contribution in [0.2, 0.25) is 0 Å². The number of carbonyl (C=O) groups excluding carboxylic acids is 4. The van der Waals surface area contributed by atoms with Gasteiger partial charge in [-0.05, 0) is 12.3 Å². The highest BCUT2D eigenvalue weighted by Crippen LogP contribution is 2.06. The first-order valence-electron chi connectivity index (χ1n) is 9.37. The standard InChI is InChI=1S/C17H31N5O7S/c1-3-8(2)13(19)16(27)21-10(6-23)15(26)20-9(4-5-12(18)24)14(25)22-11(7-30)17(28)29/h8-11,13,23,30H,3-7,19H2,1-2H3,(H2,18,24)(H,20,26)(H,21,27)(H,22,25)(H,28,29). The molecular weight excluding hydrogens is 418 g/mol. The minimum Gasteiger partial charge on any atom is -0.480 e. The predicted molar refractivity (Wildman–Crippen MR) is 110 cm³/mol. The van der Waals surface area contributed by atoms with Crippen molar-refractivity contribution >= 4 is 42.2 Å². The maximum Gasteiger partial charge on any atom is 0.327 e. The van der Waals surface area contributed by atoms with Gasteiger partial charge in [0.1, 0.15) is 18.1 Å². The lowest BCUT2D eigenvalue weighted by atomic mass is 9.99. The van der Waals surface area contributed by atoms with Crippen molar-refractivity contribution in [1.82, 2.24) is 16.0 Å². The molecular formula is C17H31N5O7S. The van der Waals surface area contributed by atoms with Gasteiger partial charge in [0.25, 0.3) is 0 Å². The van der Waals surface area contributed by atoms with Crippen LogP contribution in [0.1, 0.15) is 33.1 Å². The molecule has 0 aromatic rings. The van der Waals surface area contributed by atoms with Crippen LogP contribution < -0.4 is 27.4 Å². The van der Waals surface area contributed by atoms with Crippen molar-refractivity contribution in [3.05, 3.63) is 0 Å². The summed E-state index contributed by atoms with van der Waals surface area (Å²) in [6.07, 6.45) is 0.131.